The van der Waals surface area contributed by atoms with E-state index in [1.165, 1.54) is 32.1 Å². The second-order valence-corrected chi connectivity index (χ2v) is 7.01. The van der Waals surface area contributed by atoms with Crippen LogP contribution in [0, 0.1) is 11.8 Å². The lowest BCUT2D eigenvalue weighted by atomic mass is 9.91. The van der Waals surface area contributed by atoms with Gasteiger partial charge in [0.2, 0.25) is 0 Å². The van der Waals surface area contributed by atoms with Crippen molar-refractivity contribution in [3.05, 3.63) is 0 Å². The third-order valence-electron chi connectivity index (χ3n) is 4.93. The molecule has 2 unspecified atom stereocenters. The van der Waals surface area contributed by atoms with E-state index < -0.39 is 5.54 Å². The Labute approximate surface area is 122 Å². The van der Waals surface area contributed by atoms with Crippen LogP contribution < -0.4 is 5.32 Å². The lowest BCUT2D eigenvalue weighted by molar-refractivity contribution is -0.153. The molecular weight excluding hydrogens is 252 g/mol. The van der Waals surface area contributed by atoms with E-state index in [2.05, 4.69) is 17.1 Å². The minimum absolute atomic E-state index is 0.00560. The Hall–Kier alpha value is -0.610. The van der Waals surface area contributed by atoms with Crippen LogP contribution in [-0.4, -0.2) is 48.7 Å². The van der Waals surface area contributed by atoms with Gasteiger partial charge in [-0.15, -0.1) is 0 Å². The number of hydrogen-bond acceptors (Lipinski definition) is 4. The van der Waals surface area contributed by atoms with Gasteiger partial charge in [0.15, 0.2) is 0 Å². The van der Waals surface area contributed by atoms with E-state index in [4.69, 9.17) is 4.74 Å². The number of carbonyl (C=O) groups excluding carboxylic acids is 1. The molecule has 0 radical (unpaired) electrons. The Balaban J connectivity index is 1.74. The standard InChI is InChI=1S/C16H28N2O2/c1-3-20-15(19)16(13-4-5-13,17-14-6-7-14)11-18-9-8-12(2)10-18/h12-14,17H,3-11H2,1-2H3. The maximum atomic E-state index is 12.7. The first-order chi connectivity index (χ1) is 9.64. The van der Waals surface area contributed by atoms with Gasteiger partial charge in [-0.25, -0.2) is 4.79 Å². The molecule has 2 atom stereocenters. The number of rotatable bonds is 7. The van der Waals surface area contributed by atoms with Crippen LogP contribution in [0.3, 0.4) is 0 Å². The number of carbonyl (C=O) groups is 1. The molecule has 3 fully saturated rings. The fourth-order valence-corrected chi connectivity index (χ4v) is 3.53. The minimum atomic E-state index is -0.429. The molecule has 20 heavy (non-hydrogen) atoms. The first kappa shape index (κ1) is 14.3. The van der Waals surface area contributed by atoms with Gasteiger partial charge in [0.1, 0.15) is 5.54 Å². The predicted molar refractivity (Wildman–Crippen MR) is 78.5 cm³/mol. The third-order valence-corrected chi connectivity index (χ3v) is 4.93. The summed E-state index contributed by atoms with van der Waals surface area (Å²) in [6.45, 7) is 7.79. The first-order valence-electron chi connectivity index (χ1n) is 8.31. The Kier molecular flexibility index (Phi) is 4.04. The van der Waals surface area contributed by atoms with E-state index in [0.717, 1.165) is 25.6 Å². The molecule has 1 saturated heterocycles. The van der Waals surface area contributed by atoms with Crippen LogP contribution in [0.15, 0.2) is 0 Å². The largest absolute Gasteiger partial charge is 0.465 e. The maximum absolute atomic E-state index is 12.7. The van der Waals surface area contributed by atoms with Crippen molar-refractivity contribution in [1.82, 2.24) is 10.2 Å². The topological polar surface area (TPSA) is 41.6 Å². The summed E-state index contributed by atoms with van der Waals surface area (Å²) in [5, 5.41) is 3.68. The van der Waals surface area contributed by atoms with E-state index in [1.807, 2.05) is 6.92 Å². The number of likely N-dealkylation sites (tertiary alicyclic amines) is 1. The zero-order valence-corrected chi connectivity index (χ0v) is 12.9. The molecule has 0 bridgehead atoms. The number of ether oxygens (including phenoxy) is 1. The molecule has 2 saturated carbocycles. The quantitative estimate of drug-likeness (QED) is 0.722. The molecule has 0 aromatic heterocycles. The second kappa shape index (κ2) is 5.64. The Bertz CT molecular complexity index is 365. The van der Waals surface area contributed by atoms with Gasteiger partial charge in [-0.3, -0.25) is 5.32 Å². The predicted octanol–water partition coefficient (Wildman–Crippen LogP) is 1.79. The molecule has 4 nitrogen and oxygen atoms in total. The summed E-state index contributed by atoms with van der Waals surface area (Å²) >= 11 is 0. The van der Waals surface area contributed by atoms with Crippen LogP contribution in [0.2, 0.25) is 0 Å². The fraction of sp³-hybridized carbons (Fsp3) is 0.938. The van der Waals surface area contributed by atoms with E-state index in [-0.39, 0.29) is 5.97 Å². The number of esters is 1. The Morgan fingerprint density at radius 3 is 2.55 bits per heavy atom. The van der Waals surface area contributed by atoms with E-state index in [0.29, 0.717) is 18.6 Å². The van der Waals surface area contributed by atoms with Gasteiger partial charge in [0.05, 0.1) is 6.61 Å². The Morgan fingerprint density at radius 2 is 2.05 bits per heavy atom. The lowest BCUT2D eigenvalue weighted by Crippen LogP contribution is -2.61. The SMILES string of the molecule is CCOC(=O)C(CN1CCC(C)C1)(NC1CC1)C1CC1. The first-order valence-corrected chi connectivity index (χ1v) is 8.31. The molecular formula is C16H28N2O2. The number of hydrogen-bond donors (Lipinski definition) is 1. The van der Waals surface area contributed by atoms with Gasteiger partial charge >= 0.3 is 5.97 Å². The van der Waals surface area contributed by atoms with Crippen molar-refractivity contribution in [2.24, 2.45) is 11.8 Å². The van der Waals surface area contributed by atoms with Crippen molar-refractivity contribution < 1.29 is 9.53 Å². The van der Waals surface area contributed by atoms with Crippen molar-refractivity contribution >= 4 is 5.97 Å². The second-order valence-electron chi connectivity index (χ2n) is 7.01. The number of nitrogens with one attached hydrogen (secondary N) is 1. The molecule has 3 rings (SSSR count). The average Bonchev–Trinajstić information content (AvgIpc) is 3.30. The van der Waals surface area contributed by atoms with E-state index >= 15 is 0 Å². The van der Waals surface area contributed by atoms with Crippen molar-refractivity contribution in [3.63, 3.8) is 0 Å². The zero-order valence-electron chi connectivity index (χ0n) is 12.9. The molecule has 114 valence electrons. The highest BCUT2D eigenvalue weighted by atomic mass is 16.5. The molecule has 1 heterocycles. The summed E-state index contributed by atoms with van der Waals surface area (Å²) in [4.78, 5) is 15.1. The molecule has 1 aliphatic heterocycles. The highest BCUT2D eigenvalue weighted by Crippen LogP contribution is 2.43. The smallest absolute Gasteiger partial charge is 0.327 e. The summed E-state index contributed by atoms with van der Waals surface area (Å²) in [6, 6.07) is 0.542. The minimum Gasteiger partial charge on any atom is -0.465 e. The summed E-state index contributed by atoms with van der Waals surface area (Å²) < 4.78 is 5.45. The highest BCUT2D eigenvalue weighted by Gasteiger charge is 2.54. The zero-order chi connectivity index (χ0) is 14.2. The molecule has 2 aliphatic carbocycles. The molecule has 0 aromatic carbocycles. The van der Waals surface area contributed by atoms with Crippen LogP contribution >= 0.6 is 0 Å². The third kappa shape index (κ3) is 3.01. The van der Waals surface area contributed by atoms with Crippen molar-refractivity contribution in [1.29, 1.82) is 0 Å². The van der Waals surface area contributed by atoms with Crippen molar-refractivity contribution in [3.8, 4) is 0 Å². The van der Waals surface area contributed by atoms with Gasteiger partial charge in [0, 0.05) is 19.1 Å². The average molecular weight is 280 g/mol. The van der Waals surface area contributed by atoms with E-state index in [9.17, 15) is 4.79 Å². The van der Waals surface area contributed by atoms with Gasteiger partial charge < -0.3 is 9.64 Å². The van der Waals surface area contributed by atoms with Crippen molar-refractivity contribution in [2.45, 2.75) is 57.5 Å². The summed E-state index contributed by atoms with van der Waals surface area (Å²) in [7, 11) is 0. The van der Waals surface area contributed by atoms with Crippen LogP contribution in [-0.2, 0) is 9.53 Å². The van der Waals surface area contributed by atoms with Crippen LogP contribution in [0.5, 0.6) is 0 Å². The maximum Gasteiger partial charge on any atom is 0.327 e. The van der Waals surface area contributed by atoms with Gasteiger partial charge in [0.25, 0.3) is 0 Å². The van der Waals surface area contributed by atoms with E-state index in [1.54, 1.807) is 0 Å². The van der Waals surface area contributed by atoms with Gasteiger partial charge in [-0.2, -0.15) is 0 Å². The van der Waals surface area contributed by atoms with Crippen molar-refractivity contribution in [2.75, 3.05) is 26.2 Å². The monoisotopic (exact) mass is 280 g/mol. The lowest BCUT2D eigenvalue weighted by Gasteiger charge is -2.36. The highest BCUT2D eigenvalue weighted by molar-refractivity contribution is 5.82. The molecule has 0 spiro atoms. The summed E-state index contributed by atoms with van der Waals surface area (Å²) in [5.74, 6) is 1.24. The van der Waals surface area contributed by atoms with Crippen LogP contribution in [0.4, 0.5) is 0 Å². The normalized spacial score (nSPS) is 30.2. The summed E-state index contributed by atoms with van der Waals surface area (Å²) in [5.41, 5.74) is -0.429. The molecule has 4 heteroatoms. The van der Waals surface area contributed by atoms with Crippen LogP contribution in [0.1, 0.15) is 46.0 Å². The fourth-order valence-electron chi connectivity index (χ4n) is 3.53. The number of nitrogens with zero attached hydrogens (tertiary/aromatic N) is 1. The Morgan fingerprint density at radius 1 is 1.30 bits per heavy atom. The molecule has 0 aromatic rings. The molecule has 3 aliphatic rings. The summed E-state index contributed by atoms with van der Waals surface area (Å²) in [6.07, 6.45) is 6.02. The van der Waals surface area contributed by atoms with Crippen LogP contribution in [0.25, 0.3) is 0 Å². The molecule has 1 N–H and O–H groups in total. The van der Waals surface area contributed by atoms with Gasteiger partial charge in [-0.1, -0.05) is 6.92 Å². The van der Waals surface area contributed by atoms with Gasteiger partial charge in [-0.05, 0) is 57.4 Å². The molecule has 0 amide bonds.